The minimum atomic E-state index is -0.577. The number of thiazole rings is 1. The number of nitrogens with zero attached hydrogens (tertiary/aromatic N) is 2. The average Bonchev–Trinajstić information content (AvgIpc) is 2.76. The van der Waals surface area contributed by atoms with Gasteiger partial charge in [-0.3, -0.25) is 20.2 Å². The molecule has 110 valence electrons. The molecule has 1 heterocycles. The third-order valence-electron chi connectivity index (χ3n) is 2.98. The summed E-state index contributed by atoms with van der Waals surface area (Å²) in [6.45, 7) is 3.73. The van der Waals surface area contributed by atoms with Gasteiger partial charge >= 0.3 is 0 Å². The van der Waals surface area contributed by atoms with Gasteiger partial charge in [-0.2, -0.15) is 0 Å². The minimum absolute atomic E-state index is 0.00245. The standard InChI is InChI=1S/C13H14N4O3S/c1-7-8(2)21-13(15-7)16-12(18)10-6-9(14-3)4-5-11(10)17(19)20/h4-6,14H,1-3H3,(H,15,16,18). The summed E-state index contributed by atoms with van der Waals surface area (Å²) in [6, 6.07) is 4.30. The fourth-order valence-electron chi connectivity index (χ4n) is 1.72. The number of benzene rings is 1. The number of amides is 1. The van der Waals surface area contributed by atoms with Crippen molar-refractivity contribution in [3.8, 4) is 0 Å². The predicted molar refractivity (Wildman–Crippen MR) is 82.2 cm³/mol. The highest BCUT2D eigenvalue weighted by molar-refractivity contribution is 7.15. The molecule has 7 nitrogen and oxygen atoms in total. The molecule has 0 unspecified atom stereocenters. The van der Waals surface area contributed by atoms with E-state index in [0.29, 0.717) is 10.8 Å². The summed E-state index contributed by atoms with van der Waals surface area (Å²) in [5.74, 6) is -0.549. The monoisotopic (exact) mass is 306 g/mol. The Balaban J connectivity index is 2.35. The van der Waals surface area contributed by atoms with Crippen LogP contribution in [0.2, 0.25) is 0 Å². The normalized spacial score (nSPS) is 10.2. The number of aryl methyl sites for hydroxylation is 2. The van der Waals surface area contributed by atoms with Crippen LogP contribution in [0.15, 0.2) is 18.2 Å². The Bertz CT molecular complexity index is 692. The topological polar surface area (TPSA) is 97.2 Å². The van der Waals surface area contributed by atoms with Gasteiger partial charge in [0.05, 0.1) is 10.6 Å². The van der Waals surface area contributed by atoms with Crippen LogP contribution in [0, 0.1) is 24.0 Å². The van der Waals surface area contributed by atoms with Crippen molar-refractivity contribution in [3.05, 3.63) is 44.4 Å². The van der Waals surface area contributed by atoms with Crippen LogP contribution in [0.4, 0.5) is 16.5 Å². The number of aromatic nitrogens is 1. The van der Waals surface area contributed by atoms with E-state index >= 15 is 0 Å². The Morgan fingerprint density at radius 3 is 2.62 bits per heavy atom. The van der Waals surface area contributed by atoms with Gasteiger partial charge in [0, 0.05) is 23.7 Å². The van der Waals surface area contributed by atoms with Gasteiger partial charge < -0.3 is 5.32 Å². The third kappa shape index (κ3) is 3.16. The number of nitro groups is 1. The average molecular weight is 306 g/mol. The lowest BCUT2D eigenvalue weighted by Gasteiger charge is -2.06. The molecule has 2 N–H and O–H groups in total. The Hall–Kier alpha value is -2.48. The lowest BCUT2D eigenvalue weighted by molar-refractivity contribution is -0.385. The lowest BCUT2D eigenvalue weighted by Crippen LogP contribution is -2.14. The van der Waals surface area contributed by atoms with E-state index in [1.165, 1.54) is 23.5 Å². The number of carbonyl (C=O) groups excluding carboxylic acids is 1. The zero-order chi connectivity index (χ0) is 15.6. The fraction of sp³-hybridized carbons (Fsp3) is 0.231. The molecule has 0 radical (unpaired) electrons. The largest absolute Gasteiger partial charge is 0.388 e. The molecule has 2 rings (SSSR count). The zero-order valence-corrected chi connectivity index (χ0v) is 12.6. The van der Waals surface area contributed by atoms with Crippen LogP contribution in [0.3, 0.4) is 0 Å². The molecule has 0 spiro atoms. The van der Waals surface area contributed by atoms with Crippen LogP contribution in [0.5, 0.6) is 0 Å². The molecule has 0 aliphatic heterocycles. The van der Waals surface area contributed by atoms with Crippen molar-refractivity contribution in [2.75, 3.05) is 17.7 Å². The highest BCUT2D eigenvalue weighted by Gasteiger charge is 2.21. The maximum absolute atomic E-state index is 12.3. The second-order valence-corrected chi connectivity index (χ2v) is 5.56. The maximum Gasteiger partial charge on any atom is 0.282 e. The number of carbonyl (C=O) groups is 1. The summed E-state index contributed by atoms with van der Waals surface area (Å²) in [6.07, 6.45) is 0. The van der Waals surface area contributed by atoms with Gasteiger partial charge in [0.2, 0.25) is 0 Å². The Labute approximate surface area is 125 Å². The Morgan fingerprint density at radius 2 is 2.10 bits per heavy atom. The molecule has 0 bridgehead atoms. The first-order valence-corrected chi connectivity index (χ1v) is 6.95. The van der Waals surface area contributed by atoms with Crippen LogP contribution in [0.1, 0.15) is 20.9 Å². The number of hydrogen-bond donors (Lipinski definition) is 2. The van der Waals surface area contributed by atoms with Crippen molar-refractivity contribution in [2.45, 2.75) is 13.8 Å². The van der Waals surface area contributed by atoms with Gasteiger partial charge in [-0.25, -0.2) is 4.98 Å². The van der Waals surface area contributed by atoms with Crippen LogP contribution < -0.4 is 10.6 Å². The number of nitrogens with one attached hydrogen (secondary N) is 2. The van der Waals surface area contributed by atoms with Crippen molar-refractivity contribution in [3.63, 3.8) is 0 Å². The van der Waals surface area contributed by atoms with Crippen molar-refractivity contribution in [2.24, 2.45) is 0 Å². The van der Waals surface area contributed by atoms with E-state index in [9.17, 15) is 14.9 Å². The highest BCUT2D eigenvalue weighted by atomic mass is 32.1. The Kier molecular flexibility index (Phi) is 4.18. The maximum atomic E-state index is 12.3. The third-order valence-corrected chi connectivity index (χ3v) is 3.96. The van der Waals surface area contributed by atoms with E-state index < -0.39 is 10.8 Å². The molecule has 0 saturated heterocycles. The van der Waals surface area contributed by atoms with Crippen LogP contribution >= 0.6 is 11.3 Å². The van der Waals surface area contributed by atoms with E-state index in [1.54, 1.807) is 13.1 Å². The minimum Gasteiger partial charge on any atom is -0.388 e. The number of hydrogen-bond acceptors (Lipinski definition) is 6. The fourth-order valence-corrected chi connectivity index (χ4v) is 2.53. The second kappa shape index (κ2) is 5.88. The summed E-state index contributed by atoms with van der Waals surface area (Å²) >= 11 is 1.33. The van der Waals surface area contributed by atoms with Gasteiger partial charge in [0.15, 0.2) is 5.13 Å². The van der Waals surface area contributed by atoms with Crippen molar-refractivity contribution >= 4 is 33.8 Å². The molecule has 0 saturated carbocycles. The van der Waals surface area contributed by atoms with Crippen LogP contribution in [0.25, 0.3) is 0 Å². The first-order chi connectivity index (χ1) is 9.92. The summed E-state index contributed by atoms with van der Waals surface area (Å²) in [5.41, 5.74) is 1.21. The smallest absolute Gasteiger partial charge is 0.282 e. The quantitative estimate of drug-likeness (QED) is 0.668. The Morgan fingerprint density at radius 1 is 1.38 bits per heavy atom. The molecule has 0 aliphatic rings. The van der Waals surface area contributed by atoms with Gasteiger partial charge in [0.1, 0.15) is 5.56 Å². The first kappa shape index (κ1) is 14.9. The van der Waals surface area contributed by atoms with Crippen LogP contribution in [-0.2, 0) is 0 Å². The lowest BCUT2D eigenvalue weighted by atomic mass is 10.1. The van der Waals surface area contributed by atoms with Crippen molar-refractivity contribution in [1.82, 2.24) is 4.98 Å². The molecule has 0 atom stereocenters. The van der Waals surface area contributed by atoms with E-state index in [4.69, 9.17) is 0 Å². The molecule has 8 heteroatoms. The number of nitro benzene ring substituents is 1. The predicted octanol–water partition coefficient (Wildman–Crippen LogP) is 2.96. The summed E-state index contributed by atoms with van der Waals surface area (Å²) in [5, 5.41) is 16.9. The van der Waals surface area contributed by atoms with Gasteiger partial charge in [-0.15, -0.1) is 11.3 Å². The molecule has 1 amide bonds. The molecule has 1 aromatic carbocycles. The summed E-state index contributed by atoms with van der Waals surface area (Å²) in [4.78, 5) is 27.9. The molecule has 0 fully saturated rings. The van der Waals surface area contributed by atoms with Gasteiger partial charge in [0.25, 0.3) is 11.6 Å². The highest BCUT2D eigenvalue weighted by Crippen LogP contribution is 2.26. The van der Waals surface area contributed by atoms with E-state index in [2.05, 4.69) is 15.6 Å². The molecule has 2 aromatic rings. The SMILES string of the molecule is CNc1ccc([N+](=O)[O-])c(C(=O)Nc2nc(C)c(C)s2)c1. The zero-order valence-electron chi connectivity index (χ0n) is 11.8. The van der Waals surface area contributed by atoms with Crippen LogP contribution in [-0.4, -0.2) is 22.9 Å². The van der Waals surface area contributed by atoms with Crippen molar-refractivity contribution in [1.29, 1.82) is 0 Å². The number of anilines is 2. The molecular formula is C13H14N4O3S. The molecular weight excluding hydrogens is 292 g/mol. The van der Waals surface area contributed by atoms with Gasteiger partial charge in [-0.05, 0) is 26.0 Å². The molecule has 21 heavy (non-hydrogen) atoms. The number of rotatable bonds is 4. The van der Waals surface area contributed by atoms with E-state index in [-0.39, 0.29) is 11.3 Å². The van der Waals surface area contributed by atoms with Crippen molar-refractivity contribution < 1.29 is 9.72 Å². The first-order valence-electron chi connectivity index (χ1n) is 6.14. The molecule has 0 aliphatic carbocycles. The summed E-state index contributed by atoms with van der Waals surface area (Å²) in [7, 11) is 1.68. The van der Waals surface area contributed by atoms with Gasteiger partial charge in [-0.1, -0.05) is 0 Å². The van der Waals surface area contributed by atoms with E-state index in [1.807, 2.05) is 13.8 Å². The van der Waals surface area contributed by atoms with E-state index in [0.717, 1.165) is 10.6 Å². The second-order valence-electron chi connectivity index (χ2n) is 4.35. The summed E-state index contributed by atoms with van der Waals surface area (Å²) < 4.78 is 0. The molecule has 1 aromatic heterocycles.